The summed E-state index contributed by atoms with van der Waals surface area (Å²) in [5.74, 6) is -1.12. The topological polar surface area (TPSA) is 93.5 Å². The molecule has 0 aliphatic rings. The Labute approximate surface area is 165 Å². The molecule has 0 aromatic heterocycles. The van der Waals surface area contributed by atoms with Gasteiger partial charge >= 0.3 is 5.97 Å². The summed E-state index contributed by atoms with van der Waals surface area (Å²) in [7, 11) is 0. The number of hydrogen-bond acceptors (Lipinski definition) is 5. The van der Waals surface area contributed by atoms with Gasteiger partial charge in [-0.2, -0.15) is 0 Å². The van der Waals surface area contributed by atoms with Crippen LogP contribution in [0.3, 0.4) is 0 Å². The first kappa shape index (κ1) is 23.1. The molecule has 152 valence electrons. The normalized spacial score (nSPS) is 13.3. The van der Waals surface area contributed by atoms with Crippen LogP contribution in [0.5, 0.6) is 0 Å². The molecule has 1 amide bonds. The highest BCUT2D eigenvalue weighted by molar-refractivity contribution is 5.73. The summed E-state index contributed by atoms with van der Waals surface area (Å²) in [6, 6.07) is 7.28. The second kappa shape index (κ2) is 12.5. The fraction of sp³-hybridized carbons (Fsp3) is 0.333. The smallest absolute Gasteiger partial charge is 0.303 e. The van der Waals surface area contributed by atoms with Gasteiger partial charge < -0.3 is 21.1 Å². The zero-order valence-corrected chi connectivity index (χ0v) is 16.5. The third-order valence-corrected chi connectivity index (χ3v) is 3.60. The Morgan fingerprint density at radius 2 is 1.82 bits per heavy atom. The summed E-state index contributed by atoms with van der Waals surface area (Å²) in [5, 5.41) is 5.63. The van der Waals surface area contributed by atoms with Gasteiger partial charge in [0.05, 0.1) is 13.1 Å². The van der Waals surface area contributed by atoms with Crippen molar-refractivity contribution >= 4 is 18.0 Å². The first-order valence-corrected chi connectivity index (χ1v) is 9.00. The minimum atomic E-state index is -0.578. The first-order chi connectivity index (χ1) is 13.3. The third kappa shape index (κ3) is 9.68. The van der Waals surface area contributed by atoms with Crippen LogP contribution in [0.2, 0.25) is 0 Å². The Kier molecular flexibility index (Phi) is 10.3. The molecule has 6 nitrogen and oxygen atoms in total. The average molecular weight is 389 g/mol. The van der Waals surface area contributed by atoms with E-state index in [1.54, 1.807) is 24.3 Å². The van der Waals surface area contributed by atoms with E-state index < -0.39 is 17.9 Å². The van der Waals surface area contributed by atoms with E-state index in [2.05, 4.69) is 10.6 Å². The Balaban J connectivity index is 2.83. The van der Waals surface area contributed by atoms with E-state index in [0.717, 1.165) is 5.56 Å². The number of nitrogens with two attached hydrogens (primary N) is 1. The van der Waals surface area contributed by atoms with E-state index in [0.29, 0.717) is 17.8 Å². The summed E-state index contributed by atoms with van der Waals surface area (Å²) < 4.78 is 19.5. The molecule has 1 rings (SSSR count). The Morgan fingerprint density at radius 1 is 1.18 bits per heavy atom. The molecular formula is C21H28FN3O3. The Morgan fingerprint density at radius 3 is 2.36 bits per heavy atom. The number of carbonyl (C=O) groups excluding carboxylic acids is 2. The van der Waals surface area contributed by atoms with Gasteiger partial charge in [-0.05, 0) is 36.3 Å². The quantitative estimate of drug-likeness (QED) is 0.422. The monoisotopic (exact) mass is 389 g/mol. The number of hydrogen-bond donors (Lipinski definition) is 3. The number of rotatable bonds is 10. The van der Waals surface area contributed by atoms with E-state index in [1.807, 2.05) is 19.1 Å². The van der Waals surface area contributed by atoms with E-state index in [9.17, 15) is 14.0 Å². The predicted octanol–water partition coefficient (Wildman–Crippen LogP) is 2.57. The van der Waals surface area contributed by atoms with Crippen LogP contribution in [0.25, 0.3) is 6.08 Å². The van der Waals surface area contributed by atoms with Crippen molar-refractivity contribution in [2.75, 3.05) is 13.1 Å². The van der Waals surface area contributed by atoms with Crippen LogP contribution in [-0.4, -0.2) is 31.1 Å². The molecule has 7 heteroatoms. The molecule has 1 aromatic rings. The zero-order chi connectivity index (χ0) is 20.9. The van der Waals surface area contributed by atoms with Crippen molar-refractivity contribution in [1.82, 2.24) is 10.6 Å². The summed E-state index contributed by atoms with van der Waals surface area (Å²) in [6.45, 7) is 5.30. The van der Waals surface area contributed by atoms with E-state index >= 15 is 0 Å². The second-order valence-electron chi connectivity index (χ2n) is 6.12. The summed E-state index contributed by atoms with van der Waals surface area (Å²) in [5.41, 5.74) is 7.76. The highest BCUT2D eigenvalue weighted by Gasteiger charge is 2.12. The minimum Gasteiger partial charge on any atom is -0.459 e. The Bertz CT molecular complexity index is 740. The molecule has 0 spiro atoms. The van der Waals surface area contributed by atoms with Gasteiger partial charge in [0.15, 0.2) is 0 Å². The van der Waals surface area contributed by atoms with Gasteiger partial charge in [-0.25, -0.2) is 4.39 Å². The molecule has 0 aliphatic heterocycles. The molecule has 0 unspecified atom stereocenters. The van der Waals surface area contributed by atoms with Crippen molar-refractivity contribution in [2.24, 2.45) is 5.73 Å². The summed E-state index contributed by atoms with van der Waals surface area (Å²) in [4.78, 5) is 22.3. The molecule has 0 heterocycles. The molecule has 28 heavy (non-hydrogen) atoms. The van der Waals surface area contributed by atoms with Crippen molar-refractivity contribution in [3.63, 3.8) is 0 Å². The maximum atomic E-state index is 14.4. The third-order valence-electron chi connectivity index (χ3n) is 3.60. The van der Waals surface area contributed by atoms with Gasteiger partial charge in [0, 0.05) is 26.1 Å². The van der Waals surface area contributed by atoms with Gasteiger partial charge in [-0.1, -0.05) is 30.3 Å². The lowest BCUT2D eigenvalue weighted by Gasteiger charge is -2.19. The standard InChI is InChI=1S/C21H28FN3O3/c1-4-5-20(25-14-21(28-16(3)27)13-24-15(2)26)11-19(22)10-17-6-8-18(12-23)9-7-17/h4-11,21,25H,12-14,23H2,1-3H3,(H,24,26)/b5-4-,19-10-,20-11+/t21-/m0/s1. The second-order valence-corrected chi connectivity index (χ2v) is 6.12. The van der Waals surface area contributed by atoms with Gasteiger partial charge in [0.2, 0.25) is 5.91 Å². The van der Waals surface area contributed by atoms with E-state index in [4.69, 9.17) is 10.5 Å². The average Bonchev–Trinajstić information content (AvgIpc) is 2.64. The molecule has 4 N–H and O–H groups in total. The number of halogens is 1. The lowest BCUT2D eigenvalue weighted by atomic mass is 10.1. The number of esters is 1. The van der Waals surface area contributed by atoms with Crippen molar-refractivity contribution in [1.29, 1.82) is 0 Å². The lowest BCUT2D eigenvalue weighted by molar-refractivity contribution is -0.146. The van der Waals surface area contributed by atoms with Crippen molar-refractivity contribution in [2.45, 2.75) is 33.4 Å². The molecule has 1 atom stereocenters. The zero-order valence-electron chi connectivity index (χ0n) is 16.5. The van der Waals surface area contributed by atoms with Crippen LogP contribution in [0.15, 0.2) is 54.0 Å². The highest BCUT2D eigenvalue weighted by atomic mass is 19.1. The lowest BCUT2D eigenvalue weighted by Crippen LogP contribution is -2.39. The van der Waals surface area contributed by atoms with Crippen LogP contribution >= 0.6 is 0 Å². The minimum absolute atomic E-state index is 0.164. The van der Waals surface area contributed by atoms with Crippen LogP contribution in [0, 0.1) is 0 Å². The van der Waals surface area contributed by atoms with E-state index in [-0.39, 0.29) is 19.0 Å². The molecular weight excluding hydrogens is 361 g/mol. The number of allylic oxidation sites excluding steroid dienone is 4. The number of benzene rings is 1. The SMILES string of the molecule is C\C=C/C(=C\C(F)=C\c1ccc(CN)cc1)NC[C@H](CNC(C)=O)OC(C)=O. The molecule has 0 saturated heterocycles. The van der Waals surface area contributed by atoms with Crippen LogP contribution in [-0.2, 0) is 20.9 Å². The molecule has 0 fully saturated rings. The van der Waals surface area contributed by atoms with Crippen LogP contribution in [0.4, 0.5) is 4.39 Å². The van der Waals surface area contributed by atoms with Gasteiger partial charge in [-0.15, -0.1) is 0 Å². The molecule has 0 radical (unpaired) electrons. The van der Waals surface area contributed by atoms with Gasteiger partial charge in [0.25, 0.3) is 0 Å². The van der Waals surface area contributed by atoms with Crippen molar-refractivity contribution in [3.8, 4) is 0 Å². The largest absolute Gasteiger partial charge is 0.459 e. The summed E-state index contributed by atoms with van der Waals surface area (Å²) >= 11 is 0. The molecule has 0 bridgehead atoms. The van der Waals surface area contributed by atoms with E-state index in [1.165, 1.54) is 26.0 Å². The molecule has 1 aromatic carbocycles. The maximum absolute atomic E-state index is 14.4. The van der Waals surface area contributed by atoms with Gasteiger partial charge in [0.1, 0.15) is 11.9 Å². The molecule has 0 aliphatic carbocycles. The van der Waals surface area contributed by atoms with Crippen LogP contribution < -0.4 is 16.4 Å². The number of nitrogens with one attached hydrogen (secondary N) is 2. The number of carbonyl (C=O) groups is 2. The van der Waals surface area contributed by atoms with Crippen LogP contribution in [0.1, 0.15) is 31.9 Å². The fourth-order valence-electron chi connectivity index (χ4n) is 2.32. The maximum Gasteiger partial charge on any atom is 0.303 e. The fourth-order valence-corrected chi connectivity index (χ4v) is 2.32. The van der Waals surface area contributed by atoms with Crippen molar-refractivity contribution < 1.29 is 18.7 Å². The van der Waals surface area contributed by atoms with Gasteiger partial charge in [-0.3, -0.25) is 9.59 Å². The number of amides is 1. The Hall–Kier alpha value is -2.93. The van der Waals surface area contributed by atoms with Crippen molar-refractivity contribution in [3.05, 3.63) is 65.1 Å². The number of ether oxygens (including phenoxy) is 1. The highest BCUT2D eigenvalue weighted by Crippen LogP contribution is 2.12. The first-order valence-electron chi connectivity index (χ1n) is 9.00. The summed E-state index contributed by atoms with van der Waals surface area (Å²) in [6.07, 6.45) is 5.64. The predicted molar refractivity (Wildman–Crippen MR) is 109 cm³/mol. The molecule has 0 saturated carbocycles.